The van der Waals surface area contributed by atoms with Gasteiger partial charge in [0.1, 0.15) is 0 Å². The summed E-state index contributed by atoms with van der Waals surface area (Å²) in [5, 5.41) is 0. The molecule has 8 heavy (non-hydrogen) atoms. The van der Waals surface area contributed by atoms with E-state index in [1.54, 1.807) is 6.42 Å². The first-order chi connectivity index (χ1) is 3.79. The van der Waals surface area contributed by atoms with Crippen LogP contribution in [0.3, 0.4) is 0 Å². The van der Waals surface area contributed by atoms with Crippen LogP contribution in [-0.2, 0) is 0 Å². The third-order valence-electron chi connectivity index (χ3n) is 3.40. The van der Waals surface area contributed by atoms with E-state index in [1.165, 1.54) is 6.42 Å². The lowest BCUT2D eigenvalue weighted by molar-refractivity contribution is 0.163. The van der Waals surface area contributed by atoms with Gasteiger partial charge in [0.05, 0.1) is 0 Å². The maximum atomic E-state index is 2.42. The molecule has 0 aliphatic heterocycles. The minimum absolute atomic E-state index is 1.06. The summed E-state index contributed by atoms with van der Waals surface area (Å²) < 4.78 is 0. The largest absolute Gasteiger partial charge is 0.0622 e. The van der Waals surface area contributed by atoms with Crippen LogP contribution in [0.4, 0.5) is 0 Å². The van der Waals surface area contributed by atoms with Crippen molar-refractivity contribution in [3.8, 4) is 0 Å². The third-order valence-corrected chi connectivity index (χ3v) is 3.40. The molecule has 3 fully saturated rings. The highest BCUT2D eigenvalue weighted by Crippen LogP contribution is 2.56. The van der Waals surface area contributed by atoms with Gasteiger partial charge in [0.2, 0.25) is 0 Å². The van der Waals surface area contributed by atoms with Crippen molar-refractivity contribution in [3.05, 3.63) is 0 Å². The van der Waals surface area contributed by atoms with Crippen LogP contribution in [0, 0.1) is 23.7 Å². The second-order valence-corrected chi connectivity index (χ2v) is 3.73. The molecule has 0 aromatic heterocycles. The van der Waals surface area contributed by atoms with Crippen LogP contribution in [0.15, 0.2) is 0 Å². The highest BCUT2D eigenvalue weighted by molar-refractivity contribution is 4.97. The molecular formula is C8H14. The molecule has 0 amide bonds. The monoisotopic (exact) mass is 110 g/mol. The van der Waals surface area contributed by atoms with Crippen molar-refractivity contribution < 1.29 is 0 Å². The Morgan fingerprint density at radius 3 is 2.00 bits per heavy atom. The lowest BCUT2D eigenvalue weighted by Gasteiger charge is -2.33. The summed E-state index contributed by atoms with van der Waals surface area (Å²) in [6, 6.07) is 0. The van der Waals surface area contributed by atoms with Gasteiger partial charge in [-0.25, -0.2) is 0 Å². The predicted molar refractivity (Wildman–Crippen MR) is 34.5 cm³/mol. The summed E-state index contributed by atoms with van der Waals surface area (Å²) in [4.78, 5) is 0. The topological polar surface area (TPSA) is 0 Å². The maximum absolute atomic E-state index is 2.42. The zero-order valence-corrected chi connectivity index (χ0v) is 5.72. The Balaban J connectivity index is 2.13. The van der Waals surface area contributed by atoms with E-state index < -0.39 is 0 Å². The van der Waals surface area contributed by atoms with E-state index in [9.17, 15) is 0 Å². The number of hydrogen-bond donors (Lipinski definition) is 0. The molecule has 0 N–H and O–H groups in total. The summed E-state index contributed by atoms with van der Waals surface area (Å²) in [5.41, 5.74) is 0. The average molecular weight is 110 g/mol. The molecule has 0 aromatic rings. The molecule has 3 rings (SSSR count). The van der Waals surface area contributed by atoms with Gasteiger partial charge in [0, 0.05) is 0 Å². The molecule has 0 radical (unpaired) electrons. The minimum Gasteiger partial charge on any atom is -0.0622 e. The summed E-state index contributed by atoms with van der Waals surface area (Å²) in [6.45, 7) is 4.83. The van der Waals surface area contributed by atoms with E-state index in [2.05, 4.69) is 13.8 Å². The van der Waals surface area contributed by atoms with Crippen LogP contribution in [0.25, 0.3) is 0 Å². The van der Waals surface area contributed by atoms with Crippen molar-refractivity contribution in [1.29, 1.82) is 0 Å². The molecule has 3 aliphatic carbocycles. The molecule has 0 nitrogen and oxygen atoms in total. The first kappa shape index (κ1) is 4.84. The number of hydrogen-bond acceptors (Lipinski definition) is 0. The fourth-order valence-corrected chi connectivity index (χ4v) is 2.65. The molecule has 4 atom stereocenters. The summed E-state index contributed by atoms with van der Waals surface area (Å²) in [7, 11) is 0. The van der Waals surface area contributed by atoms with Crippen molar-refractivity contribution in [2.45, 2.75) is 26.7 Å². The normalized spacial score (nSPS) is 60.8. The van der Waals surface area contributed by atoms with Crippen LogP contribution in [-0.4, -0.2) is 0 Å². The molecule has 0 saturated heterocycles. The summed E-state index contributed by atoms with van der Waals surface area (Å²) in [5.74, 6) is 4.41. The number of rotatable bonds is 0. The Labute approximate surface area is 51.3 Å². The van der Waals surface area contributed by atoms with Crippen LogP contribution in [0.5, 0.6) is 0 Å². The standard InChI is InChI=1S/C8H14/c1-5-3-7-4-8(5)6(7)2/h5-8H,3-4H2,1-2H3/t5?,6?,7-,8?/m1/s1. The van der Waals surface area contributed by atoms with E-state index in [0.717, 1.165) is 23.7 Å². The van der Waals surface area contributed by atoms with E-state index in [0.29, 0.717) is 0 Å². The number of fused-ring (bicyclic) bond motifs is 1. The molecule has 2 bridgehead atoms. The molecule has 3 unspecified atom stereocenters. The van der Waals surface area contributed by atoms with Crippen molar-refractivity contribution in [3.63, 3.8) is 0 Å². The third kappa shape index (κ3) is 0.375. The lowest BCUT2D eigenvalue weighted by atomic mass is 9.72. The van der Waals surface area contributed by atoms with Crippen LogP contribution in [0.1, 0.15) is 26.7 Å². The van der Waals surface area contributed by atoms with Crippen LogP contribution >= 0.6 is 0 Å². The summed E-state index contributed by atoms with van der Waals surface area (Å²) >= 11 is 0. The average Bonchev–Trinajstić information content (AvgIpc) is 2.19. The maximum Gasteiger partial charge on any atom is -0.0357 e. The smallest absolute Gasteiger partial charge is 0.0357 e. The minimum atomic E-state index is 1.06. The van der Waals surface area contributed by atoms with Gasteiger partial charge >= 0.3 is 0 Å². The molecule has 0 spiro atoms. The zero-order valence-electron chi connectivity index (χ0n) is 5.72. The van der Waals surface area contributed by atoms with Gasteiger partial charge in [-0.05, 0) is 36.5 Å². The molecule has 0 aromatic carbocycles. The first-order valence-corrected chi connectivity index (χ1v) is 3.79. The molecule has 3 aliphatic rings. The van der Waals surface area contributed by atoms with Gasteiger partial charge in [0.25, 0.3) is 0 Å². The van der Waals surface area contributed by atoms with Crippen molar-refractivity contribution in [1.82, 2.24) is 0 Å². The Kier molecular flexibility index (Phi) is 0.778. The quantitative estimate of drug-likeness (QED) is 0.449. The van der Waals surface area contributed by atoms with Crippen molar-refractivity contribution in [2.75, 3.05) is 0 Å². The second-order valence-electron chi connectivity index (χ2n) is 3.73. The molecule has 0 heterocycles. The van der Waals surface area contributed by atoms with Gasteiger partial charge in [-0.2, -0.15) is 0 Å². The first-order valence-electron chi connectivity index (χ1n) is 3.79. The van der Waals surface area contributed by atoms with Gasteiger partial charge in [-0.1, -0.05) is 13.8 Å². The van der Waals surface area contributed by atoms with Gasteiger partial charge < -0.3 is 0 Å². The highest BCUT2D eigenvalue weighted by atomic mass is 14.5. The van der Waals surface area contributed by atoms with Crippen molar-refractivity contribution >= 4 is 0 Å². The molecular weight excluding hydrogens is 96.1 g/mol. The molecule has 46 valence electrons. The Hall–Kier alpha value is 0. The van der Waals surface area contributed by atoms with Gasteiger partial charge in [0.15, 0.2) is 0 Å². The van der Waals surface area contributed by atoms with Crippen molar-refractivity contribution in [2.24, 2.45) is 23.7 Å². The van der Waals surface area contributed by atoms with Gasteiger partial charge in [-0.3, -0.25) is 0 Å². The molecule has 0 heteroatoms. The van der Waals surface area contributed by atoms with Crippen LogP contribution in [0.2, 0.25) is 0 Å². The Bertz CT molecular complexity index is 103. The zero-order chi connectivity index (χ0) is 5.72. The lowest BCUT2D eigenvalue weighted by Crippen LogP contribution is -2.25. The van der Waals surface area contributed by atoms with Gasteiger partial charge in [-0.15, -0.1) is 0 Å². The summed E-state index contributed by atoms with van der Waals surface area (Å²) in [6.07, 6.45) is 3.09. The highest BCUT2D eigenvalue weighted by Gasteiger charge is 2.47. The van der Waals surface area contributed by atoms with E-state index >= 15 is 0 Å². The second kappa shape index (κ2) is 1.29. The van der Waals surface area contributed by atoms with Crippen LogP contribution < -0.4 is 0 Å². The predicted octanol–water partition coefficient (Wildman–Crippen LogP) is 2.30. The van der Waals surface area contributed by atoms with E-state index in [4.69, 9.17) is 0 Å². The van der Waals surface area contributed by atoms with E-state index in [1.807, 2.05) is 0 Å². The SMILES string of the molecule is CC1C[C@@H]2CC1C2C. The fraction of sp³-hybridized carbons (Fsp3) is 1.00. The Morgan fingerprint density at radius 2 is 1.88 bits per heavy atom. The van der Waals surface area contributed by atoms with E-state index in [-0.39, 0.29) is 0 Å². The fourth-order valence-electron chi connectivity index (χ4n) is 2.65. The molecule has 3 saturated carbocycles. The Morgan fingerprint density at radius 1 is 1.12 bits per heavy atom.